The Bertz CT molecular complexity index is 1010. The highest BCUT2D eigenvalue weighted by Gasteiger charge is 2.30. The number of aryl methyl sites for hydroxylation is 1. The number of carbonyl (C=O) groups excluding carboxylic acids is 1. The maximum absolute atomic E-state index is 13.4. The Morgan fingerprint density at radius 1 is 1.10 bits per heavy atom. The topological polar surface area (TPSA) is 38.1 Å². The van der Waals surface area contributed by atoms with Crippen LogP contribution >= 0.6 is 0 Å². The van der Waals surface area contributed by atoms with E-state index < -0.39 is 0 Å². The number of hydrogen-bond donors (Lipinski definition) is 0. The number of carbonyl (C=O) groups is 1. The molecule has 4 nitrogen and oxygen atoms in total. The summed E-state index contributed by atoms with van der Waals surface area (Å²) in [6.45, 7) is 3.90. The molecule has 0 spiro atoms. The lowest BCUT2D eigenvalue weighted by atomic mass is 10.1. The molecule has 1 atom stereocenters. The predicted octanol–water partition coefficient (Wildman–Crippen LogP) is 4.08. The molecule has 6 heteroatoms. The zero-order chi connectivity index (χ0) is 20.4. The Hall–Kier alpha value is -3.02. The van der Waals surface area contributed by atoms with Crippen LogP contribution in [-0.2, 0) is 17.8 Å². The van der Waals surface area contributed by atoms with Gasteiger partial charge in [0.2, 0.25) is 5.91 Å². The van der Waals surface area contributed by atoms with Crippen molar-refractivity contribution in [3.63, 3.8) is 0 Å². The van der Waals surface area contributed by atoms with Gasteiger partial charge >= 0.3 is 0 Å². The average molecular weight is 395 g/mol. The maximum Gasteiger partial charge on any atom is 0.227 e. The molecule has 1 unspecified atom stereocenters. The Morgan fingerprint density at radius 2 is 1.90 bits per heavy atom. The smallest absolute Gasteiger partial charge is 0.227 e. The molecule has 0 aliphatic carbocycles. The van der Waals surface area contributed by atoms with Crippen molar-refractivity contribution in [1.29, 1.82) is 0 Å². The molecule has 150 valence electrons. The fraction of sp³-hybridized carbons (Fsp3) is 0.304. The van der Waals surface area contributed by atoms with Gasteiger partial charge in [-0.1, -0.05) is 24.3 Å². The largest absolute Gasteiger partial charge is 0.342 e. The van der Waals surface area contributed by atoms with Gasteiger partial charge in [-0.2, -0.15) is 0 Å². The number of amides is 1. The lowest BCUT2D eigenvalue weighted by molar-refractivity contribution is -0.129. The molecule has 1 saturated heterocycles. The number of hydrogen-bond acceptors (Lipinski definition) is 2. The van der Waals surface area contributed by atoms with Gasteiger partial charge in [-0.3, -0.25) is 4.79 Å². The monoisotopic (exact) mass is 395 g/mol. The molecule has 0 saturated carbocycles. The van der Waals surface area contributed by atoms with Gasteiger partial charge in [0.05, 0.1) is 6.42 Å². The molecule has 29 heavy (non-hydrogen) atoms. The predicted molar refractivity (Wildman–Crippen MR) is 107 cm³/mol. The zero-order valence-electron chi connectivity index (χ0n) is 16.3. The van der Waals surface area contributed by atoms with Crippen molar-refractivity contribution in [3.8, 4) is 0 Å². The highest BCUT2D eigenvalue weighted by molar-refractivity contribution is 5.79. The molecule has 0 bridgehead atoms. The van der Waals surface area contributed by atoms with Crippen LogP contribution in [0, 0.1) is 18.6 Å². The van der Waals surface area contributed by atoms with Gasteiger partial charge in [0.1, 0.15) is 17.5 Å². The Labute approximate surface area is 168 Å². The number of aromatic nitrogens is 2. The minimum atomic E-state index is -0.326. The standard InChI is InChI=1S/C23H23F2N3O/c1-16-13-26-23(28(16)14-17-5-7-20(24)8-6-17)19-9-10-27(15-19)22(29)12-18-3-2-4-21(25)11-18/h2-8,11,13,19H,9-10,12,14-15H2,1H3. The normalized spacial score (nSPS) is 16.4. The molecule has 1 aliphatic rings. The van der Waals surface area contributed by atoms with Crippen molar-refractivity contribution in [2.45, 2.75) is 32.2 Å². The minimum absolute atomic E-state index is 0.00598. The first-order valence-electron chi connectivity index (χ1n) is 9.78. The molecule has 0 radical (unpaired) electrons. The quantitative estimate of drug-likeness (QED) is 0.653. The number of imidazole rings is 1. The van der Waals surface area contributed by atoms with E-state index in [0.29, 0.717) is 25.2 Å². The summed E-state index contributed by atoms with van der Waals surface area (Å²) >= 11 is 0. The van der Waals surface area contributed by atoms with Crippen LogP contribution < -0.4 is 0 Å². The summed E-state index contributed by atoms with van der Waals surface area (Å²) < 4.78 is 28.7. The van der Waals surface area contributed by atoms with Crippen LogP contribution in [0.5, 0.6) is 0 Å². The van der Waals surface area contributed by atoms with Gasteiger partial charge in [-0.25, -0.2) is 13.8 Å². The first-order chi connectivity index (χ1) is 14.0. The van der Waals surface area contributed by atoms with Crippen LogP contribution in [0.4, 0.5) is 8.78 Å². The van der Waals surface area contributed by atoms with Crippen LogP contribution in [0.25, 0.3) is 0 Å². The number of nitrogens with zero attached hydrogens (tertiary/aromatic N) is 3. The minimum Gasteiger partial charge on any atom is -0.342 e. The van der Waals surface area contributed by atoms with Gasteiger partial charge < -0.3 is 9.47 Å². The van der Waals surface area contributed by atoms with Gasteiger partial charge in [0, 0.05) is 37.4 Å². The number of likely N-dealkylation sites (tertiary alicyclic amines) is 1. The molecule has 1 aromatic heterocycles. The second-order valence-electron chi connectivity index (χ2n) is 7.60. The molecule has 1 aliphatic heterocycles. The maximum atomic E-state index is 13.4. The lowest BCUT2D eigenvalue weighted by Crippen LogP contribution is -2.30. The van der Waals surface area contributed by atoms with Crippen molar-refractivity contribution < 1.29 is 13.6 Å². The highest BCUT2D eigenvalue weighted by Crippen LogP contribution is 2.28. The van der Waals surface area contributed by atoms with E-state index in [1.54, 1.807) is 24.3 Å². The van der Waals surface area contributed by atoms with Gasteiger partial charge in [0.15, 0.2) is 0 Å². The molecule has 3 aromatic rings. The fourth-order valence-corrected chi connectivity index (χ4v) is 3.91. The van der Waals surface area contributed by atoms with E-state index >= 15 is 0 Å². The summed E-state index contributed by atoms with van der Waals surface area (Å²) in [6.07, 6.45) is 2.89. The SMILES string of the molecule is Cc1cnc(C2CCN(C(=O)Cc3cccc(F)c3)C2)n1Cc1ccc(F)cc1. The third-order valence-electron chi connectivity index (χ3n) is 5.49. The van der Waals surface area contributed by atoms with Crippen molar-refractivity contribution >= 4 is 5.91 Å². The van der Waals surface area contributed by atoms with Gasteiger partial charge in [-0.15, -0.1) is 0 Å². The third kappa shape index (κ3) is 4.36. The summed E-state index contributed by atoms with van der Waals surface area (Å²) in [7, 11) is 0. The summed E-state index contributed by atoms with van der Waals surface area (Å²) in [6, 6.07) is 12.7. The summed E-state index contributed by atoms with van der Waals surface area (Å²) in [5, 5.41) is 0. The third-order valence-corrected chi connectivity index (χ3v) is 5.49. The first kappa shape index (κ1) is 19.3. The van der Waals surface area contributed by atoms with Gasteiger partial charge in [0.25, 0.3) is 0 Å². The van der Waals surface area contributed by atoms with E-state index in [9.17, 15) is 13.6 Å². The molecular weight excluding hydrogens is 372 g/mol. The van der Waals surface area contributed by atoms with Crippen LogP contribution in [0.2, 0.25) is 0 Å². The molecule has 4 rings (SSSR count). The van der Waals surface area contributed by atoms with E-state index in [1.165, 1.54) is 24.3 Å². The number of benzene rings is 2. The zero-order valence-corrected chi connectivity index (χ0v) is 16.3. The Kier molecular flexibility index (Phi) is 5.43. The van der Waals surface area contributed by atoms with E-state index in [1.807, 2.05) is 18.0 Å². The molecule has 2 aromatic carbocycles. The van der Waals surface area contributed by atoms with Crippen molar-refractivity contribution in [2.75, 3.05) is 13.1 Å². The summed E-state index contributed by atoms with van der Waals surface area (Å²) in [5.41, 5.74) is 2.73. The van der Waals surface area contributed by atoms with Crippen molar-refractivity contribution in [1.82, 2.24) is 14.5 Å². The average Bonchev–Trinajstić information content (AvgIpc) is 3.31. The van der Waals surface area contributed by atoms with Gasteiger partial charge in [-0.05, 0) is 48.7 Å². The second-order valence-corrected chi connectivity index (χ2v) is 7.60. The summed E-state index contributed by atoms with van der Waals surface area (Å²) in [5.74, 6) is 0.535. The molecule has 1 fully saturated rings. The number of rotatable bonds is 5. The highest BCUT2D eigenvalue weighted by atomic mass is 19.1. The Morgan fingerprint density at radius 3 is 2.66 bits per heavy atom. The van der Waals surface area contributed by atoms with Crippen molar-refractivity contribution in [2.24, 2.45) is 0 Å². The van der Waals surface area contributed by atoms with E-state index in [2.05, 4.69) is 9.55 Å². The number of halogens is 2. The first-order valence-corrected chi connectivity index (χ1v) is 9.78. The van der Waals surface area contributed by atoms with Crippen LogP contribution in [-0.4, -0.2) is 33.4 Å². The van der Waals surface area contributed by atoms with Crippen LogP contribution in [0.15, 0.2) is 54.7 Å². The Balaban J connectivity index is 1.45. The molecule has 1 amide bonds. The molecular formula is C23H23F2N3O. The second kappa shape index (κ2) is 8.15. The summed E-state index contributed by atoms with van der Waals surface area (Å²) in [4.78, 5) is 19.1. The molecule has 0 N–H and O–H groups in total. The van der Waals surface area contributed by atoms with Crippen molar-refractivity contribution in [3.05, 3.63) is 89.0 Å². The van der Waals surface area contributed by atoms with Crippen LogP contribution in [0.1, 0.15) is 35.0 Å². The van der Waals surface area contributed by atoms with E-state index in [4.69, 9.17) is 0 Å². The van der Waals surface area contributed by atoms with E-state index in [0.717, 1.165) is 23.5 Å². The lowest BCUT2D eigenvalue weighted by Gasteiger charge is -2.18. The van der Waals surface area contributed by atoms with Crippen LogP contribution in [0.3, 0.4) is 0 Å². The molecule has 2 heterocycles. The fourth-order valence-electron chi connectivity index (χ4n) is 3.91. The van der Waals surface area contributed by atoms with E-state index in [-0.39, 0.29) is 29.9 Å².